The molecule has 0 unspecified atom stereocenters. The van der Waals surface area contributed by atoms with Gasteiger partial charge in [-0.25, -0.2) is 17.2 Å². The van der Waals surface area contributed by atoms with Crippen molar-refractivity contribution in [3.05, 3.63) is 65.7 Å². The molecule has 0 radical (unpaired) electrons. The van der Waals surface area contributed by atoms with E-state index in [2.05, 4.69) is 5.32 Å². The average Bonchev–Trinajstić information content (AvgIpc) is 2.72. The monoisotopic (exact) mass is 467 g/mol. The zero-order valence-electron chi connectivity index (χ0n) is 18.2. The molecule has 0 fully saturated rings. The molecule has 1 atom stereocenters. The highest BCUT2D eigenvalue weighted by atomic mass is 32.2. The fourth-order valence-corrected chi connectivity index (χ4v) is 4.08. The van der Waals surface area contributed by atoms with Crippen LogP contribution in [0.15, 0.2) is 48.5 Å². The van der Waals surface area contributed by atoms with Gasteiger partial charge in [-0.05, 0) is 49.2 Å². The van der Waals surface area contributed by atoms with Crippen LogP contribution >= 0.6 is 0 Å². The Labute approximate surface area is 187 Å². The van der Waals surface area contributed by atoms with Crippen LogP contribution in [-0.4, -0.2) is 50.5 Å². The standard InChI is InChI=1S/C22H27F2N3O4S/c1-4-20(22(29)25-5-2)26(14-16-9-11-17(23)12-10-16)21(28)15-27(32(3,30)31)19-8-6-7-18(24)13-19/h6-13,20H,4-5,14-15H2,1-3H3,(H,25,29)/t20-/m1/s1. The minimum atomic E-state index is -3.94. The van der Waals surface area contributed by atoms with E-state index < -0.39 is 40.2 Å². The second kappa shape index (κ2) is 11.0. The summed E-state index contributed by atoms with van der Waals surface area (Å²) in [6, 6.07) is 9.47. The number of hydrogen-bond acceptors (Lipinski definition) is 4. The molecule has 0 spiro atoms. The number of nitrogens with one attached hydrogen (secondary N) is 1. The summed E-state index contributed by atoms with van der Waals surface area (Å²) in [5.41, 5.74) is 0.563. The van der Waals surface area contributed by atoms with Gasteiger partial charge in [-0.15, -0.1) is 0 Å². The third-order valence-electron chi connectivity index (χ3n) is 4.78. The molecule has 0 aliphatic rings. The van der Waals surface area contributed by atoms with Crippen molar-refractivity contribution in [2.45, 2.75) is 32.9 Å². The maximum absolute atomic E-state index is 13.7. The molecule has 0 bridgehead atoms. The van der Waals surface area contributed by atoms with Crippen LogP contribution < -0.4 is 9.62 Å². The molecule has 0 aromatic heterocycles. The van der Waals surface area contributed by atoms with Gasteiger partial charge in [0.2, 0.25) is 21.8 Å². The van der Waals surface area contributed by atoms with Gasteiger partial charge < -0.3 is 10.2 Å². The molecule has 0 aliphatic carbocycles. The van der Waals surface area contributed by atoms with Crippen molar-refractivity contribution in [2.75, 3.05) is 23.7 Å². The van der Waals surface area contributed by atoms with E-state index in [0.29, 0.717) is 12.1 Å². The van der Waals surface area contributed by atoms with Crippen molar-refractivity contribution in [3.63, 3.8) is 0 Å². The lowest BCUT2D eigenvalue weighted by Crippen LogP contribution is -2.52. The number of nitrogens with zero attached hydrogens (tertiary/aromatic N) is 2. The van der Waals surface area contributed by atoms with E-state index in [1.807, 2.05) is 0 Å². The smallest absolute Gasteiger partial charge is 0.244 e. The second-order valence-electron chi connectivity index (χ2n) is 7.22. The Kier molecular flexibility index (Phi) is 8.71. The number of halogens is 2. The molecule has 7 nitrogen and oxygen atoms in total. The van der Waals surface area contributed by atoms with Crippen LogP contribution in [0.2, 0.25) is 0 Å². The van der Waals surface area contributed by atoms with Gasteiger partial charge in [-0.2, -0.15) is 0 Å². The van der Waals surface area contributed by atoms with Gasteiger partial charge in [-0.1, -0.05) is 25.1 Å². The number of amides is 2. The highest BCUT2D eigenvalue weighted by Gasteiger charge is 2.31. The molecule has 1 N–H and O–H groups in total. The zero-order chi connectivity index (χ0) is 23.9. The number of hydrogen-bond donors (Lipinski definition) is 1. The molecule has 10 heteroatoms. The summed E-state index contributed by atoms with van der Waals surface area (Å²) in [5.74, 6) is -2.14. The lowest BCUT2D eigenvalue weighted by atomic mass is 10.1. The number of rotatable bonds is 10. The van der Waals surface area contributed by atoms with Crippen LogP contribution in [0.3, 0.4) is 0 Å². The highest BCUT2D eigenvalue weighted by Crippen LogP contribution is 2.20. The Morgan fingerprint density at radius 1 is 1.03 bits per heavy atom. The number of likely N-dealkylation sites (N-methyl/N-ethyl adjacent to an activating group) is 1. The molecule has 2 aromatic rings. The van der Waals surface area contributed by atoms with Crippen molar-refractivity contribution in [3.8, 4) is 0 Å². The minimum Gasteiger partial charge on any atom is -0.355 e. The number of sulfonamides is 1. The lowest BCUT2D eigenvalue weighted by Gasteiger charge is -2.32. The Balaban J connectivity index is 2.42. The van der Waals surface area contributed by atoms with Gasteiger partial charge in [0.25, 0.3) is 0 Å². The average molecular weight is 468 g/mol. The summed E-state index contributed by atoms with van der Waals surface area (Å²) >= 11 is 0. The number of carbonyl (C=O) groups excluding carboxylic acids is 2. The fourth-order valence-electron chi connectivity index (χ4n) is 3.24. The number of anilines is 1. The Hall–Kier alpha value is -3.01. The van der Waals surface area contributed by atoms with E-state index in [9.17, 15) is 26.8 Å². The van der Waals surface area contributed by atoms with E-state index in [4.69, 9.17) is 0 Å². The van der Waals surface area contributed by atoms with Crippen LogP contribution in [0.1, 0.15) is 25.8 Å². The number of carbonyl (C=O) groups is 2. The van der Waals surface area contributed by atoms with E-state index in [0.717, 1.165) is 22.7 Å². The minimum absolute atomic E-state index is 0.00589. The predicted octanol–water partition coefficient (Wildman–Crippen LogP) is 2.67. The van der Waals surface area contributed by atoms with Gasteiger partial charge in [0.1, 0.15) is 24.2 Å². The molecule has 2 rings (SSSR count). The molecule has 174 valence electrons. The van der Waals surface area contributed by atoms with Crippen LogP contribution in [0.25, 0.3) is 0 Å². The van der Waals surface area contributed by atoms with Gasteiger partial charge in [0.05, 0.1) is 11.9 Å². The molecule has 2 amide bonds. The number of benzene rings is 2. The van der Waals surface area contributed by atoms with Gasteiger partial charge in [-0.3, -0.25) is 13.9 Å². The van der Waals surface area contributed by atoms with E-state index in [1.165, 1.54) is 41.3 Å². The molecule has 0 aliphatic heterocycles. The van der Waals surface area contributed by atoms with Gasteiger partial charge in [0.15, 0.2) is 0 Å². The zero-order valence-corrected chi connectivity index (χ0v) is 19.0. The summed E-state index contributed by atoms with van der Waals surface area (Å²) in [6.45, 7) is 3.17. The summed E-state index contributed by atoms with van der Waals surface area (Å²) < 4.78 is 52.6. The first-order valence-electron chi connectivity index (χ1n) is 10.1. The summed E-state index contributed by atoms with van der Waals surface area (Å²) in [6.07, 6.45) is 1.19. The maximum atomic E-state index is 13.7. The lowest BCUT2D eigenvalue weighted by molar-refractivity contribution is -0.140. The van der Waals surface area contributed by atoms with Crippen LogP contribution in [0.5, 0.6) is 0 Å². The Morgan fingerprint density at radius 3 is 2.22 bits per heavy atom. The molecule has 0 saturated heterocycles. The van der Waals surface area contributed by atoms with E-state index in [-0.39, 0.29) is 24.6 Å². The molecular weight excluding hydrogens is 440 g/mol. The van der Waals surface area contributed by atoms with Crippen molar-refractivity contribution >= 4 is 27.5 Å². The fraction of sp³-hybridized carbons (Fsp3) is 0.364. The van der Waals surface area contributed by atoms with Crippen molar-refractivity contribution < 1.29 is 26.8 Å². The summed E-state index contributed by atoms with van der Waals surface area (Å²) in [5, 5.41) is 2.68. The van der Waals surface area contributed by atoms with Crippen LogP contribution in [0, 0.1) is 11.6 Å². The normalized spacial score (nSPS) is 12.2. The molecule has 2 aromatic carbocycles. The summed E-state index contributed by atoms with van der Waals surface area (Å²) in [4.78, 5) is 27.2. The van der Waals surface area contributed by atoms with Crippen molar-refractivity contribution in [2.24, 2.45) is 0 Å². The van der Waals surface area contributed by atoms with Crippen molar-refractivity contribution in [1.29, 1.82) is 0 Å². The van der Waals surface area contributed by atoms with Crippen LogP contribution in [-0.2, 0) is 26.2 Å². The third kappa shape index (κ3) is 6.74. The molecule has 0 saturated carbocycles. The molecule has 0 heterocycles. The first kappa shape index (κ1) is 25.3. The molecular formula is C22H27F2N3O4S. The maximum Gasteiger partial charge on any atom is 0.244 e. The first-order valence-corrected chi connectivity index (χ1v) is 12.0. The quantitative estimate of drug-likeness (QED) is 0.582. The van der Waals surface area contributed by atoms with Gasteiger partial charge in [0, 0.05) is 13.1 Å². The topological polar surface area (TPSA) is 86.8 Å². The Bertz CT molecular complexity index is 1050. The largest absolute Gasteiger partial charge is 0.355 e. The van der Waals surface area contributed by atoms with Gasteiger partial charge >= 0.3 is 0 Å². The van der Waals surface area contributed by atoms with Crippen molar-refractivity contribution in [1.82, 2.24) is 10.2 Å². The van der Waals surface area contributed by atoms with Crippen LogP contribution in [0.4, 0.5) is 14.5 Å². The predicted molar refractivity (Wildman–Crippen MR) is 118 cm³/mol. The summed E-state index contributed by atoms with van der Waals surface area (Å²) in [7, 11) is -3.94. The van der Waals surface area contributed by atoms with E-state index >= 15 is 0 Å². The second-order valence-corrected chi connectivity index (χ2v) is 9.12. The SMILES string of the molecule is CCNC(=O)[C@@H](CC)N(Cc1ccc(F)cc1)C(=O)CN(c1cccc(F)c1)S(C)(=O)=O. The highest BCUT2D eigenvalue weighted by molar-refractivity contribution is 7.92. The Morgan fingerprint density at radius 2 is 1.69 bits per heavy atom. The third-order valence-corrected chi connectivity index (χ3v) is 5.92. The van der Waals surface area contributed by atoms with E-state index in [1.54, 1.807) is 13.8 Å². The molecule has 32 heavy (non-hydrogen) atoms. The first-order chi connectivity index (χ1) is 15.1.